The van der Waals surface area contributed by atoms with E-state index in [0.29, 0.717) is 18.1 Å². The van der Waals surface area contributed by atoms with Gasteiger partial charge in [-0.3, -0.25) is 4.90 Å². The Hall–Kier alpha value is -0.940. The average molecular weight is 223 g/mol. The van der Waals surface area contributed by atoms with E-state index in [9.17, 15) is 0 Å². The normalized spacial score (nSPS) is 29.4. The van der Waals surface area contributed by atoms with E-state index in [0.717, 1.165) is 37.8 Å². The second-order valence-corrected chi connectivity index (χ2v) is 4.98. The summed E-state index contributed by atoms with van der Waals surface area (Å²) in [7, 11) is 0. The van der Waals surface area contributed by atoms with Gasteiger partial charge in [0.25, 0.3) is 0 Å². The zero-order valence-electron chi connectivity index (χ0n) is 9.72. The smallest absolute Gasteiger partial charge is 0.240 e. The lowest BCUT2D eigenvalue weighted by molar-refractivity contribution is 0.0234. The molecule has 2 saturated heterocycles. The van der Waals surface area contributed by atoms with Crippen LogP contribution in [-0.4, -0.2) is 40.3 Å². The Balaban J connectivity index is 1.65. The largest absolute Gasteiger partial charge is 0.375 e. The van der Waals surface area contributed by atoms with Crippen molar-refractivity contribution in [1.82, 2.24) is 15.0 Å². The molecule has 0 saturated carbocycles. The SMILES string of the molecule is CC(C)c1noc(CN2C[C@H]3C[C@H]2CO3)n1. The van der Waals surface area contributed by atoms with E-state index in [4.69, 9.17) is 9.26 Å². The molecule has 2 aliphatic heterocycles. The van der Waals surface area contributed by atoms with E-state index in [1.54, 1.807) is 0 Å². The molecule has 1 aromatic rings. The third-order valence-corrected chi connectivity index (χ3v) is 3.35. The van der Waals surface area contributed by atoms with E-state index in [-0.39, 0.29) is 0 Å². The molecule has 88 valence electrons. The first-order valence-electron chi connectivity index (χ1n) is 5.90. The Morgan fingerprint density at radius 3 is 2.94 bits per heavy atom. The fourth-order valence-corrected chi connectivity index (χ4v) is 2.41. The number of rotatable bonds is 3. The third-order valence-electron chi connectivity index (χ3n) is 3.35. The Labute approximate surface area is 94.8 Å². The van der Waals surface area contributed by atoms with Gasteiger partial charge < -0.3 is 9.26 Å². The second-order valence-electron chi connectivity index (χ2n) is 4.98. The van der Waals surface area contributed by atoms with Crippen molar-refractivity contribution in [3.05, 3.63) is 11.7 Å². The molecule has 5 heteroatoms. The molecule has 16 heavy (non-hydrogen) atoms. The number of aromatic nitrogens is 2. The summed E-state index contributed by atoms with van der Waals surface area (Å²) in [5, 5.41) is 3.98. The van der Waals surface area contributed by atoms with Gasteiger partial charge in [-0.05, 0) is 6.42 Å². The highest BCUT2D eigenvalue weighted by atomic mass is 16.5. The highest BCUT2D eigenvalue weighted by Gasteiger charge is 2.39. The summed E-state index contributed by atoms with van der Waals surface area (Å²) in [5.41, 5.74) is 0. The molecule has 2 atom stereocenters. The predicted molar refractivity (Wildman–Crippen MR) is 56.9 cm³/mol. The summed E-state index contributed by atoms with van der Waals surface area (Å²) in [4.78, 5) is 6.78. The number of ether oxygens (including phenoxy) is 1. The van der Waals surface area contributed by atoms with Crippen LogP contribution in [0.5, 0.6) is 0 Å². The number of fused-ring (bicyclic) bond motifs is 2. The first-order valence-corrected chi connectivity index (χ1v) is 5.90. The van der Waals surface area contributed by atoms with Gasteiger partial charge in [0, 0.05) is 18.5 Å². The summed E-state index contributed by atoms with van der Waals surface area (Å²) in [6.45, 7) is 6.77. The second kappa shape index (κ2) is 3.82. The van der Waals surface area contributed by atoms with Gasteiger partial charge in [-0.2, -0.15) is 4.98 Å². The molecule has 1 aromatic heterocycles. The van der Waals surface area contributed by atoms with Gasteiger partial charge in [-0.25, -0.2) is 0 Å². The van der Waals surface area contributed by atoms with Crippen molar-refractivity contribution < 1.29 is 9.26 Å². The molecule has 0 spiro atoms. The van der Waals surface area contributed by atoms with E-state index >= 15 is 0 Å². The Bertz CT molecular complexity index is 377. The Kier molecular flexibility index (Phi) is 2.44. The van der Waals surface area contributed by atoms with Crippen LogP contribution in [0.15, 0.2) is 4.52 Å². The molecule has 0 radical (unpaired) electrons. The lowest BCUT2D eigenvalue weighted by atomic mass is 10.2. The third kappa shape index (κ3) is 1.74. The summed E-state index contributed by atoms with van der Waals surface area (Å²) in [6.07, 6.45) is 1.59. The summed E-state index contributed by atoms with van der Waals surface area (Å²) >= 11 is 0. The van der Waals surface area contributed by atoms with Crippen LogP contribution in [0, 0.1) is 0 Å². The first kappa shape index (κ1) is 10.2. The highest BCUT2D eigenvalue weighted by molar-refractivity contribution is 4.96. The number of morpholine rings is 1. The van der Waals surface area contributed by atoms with Crippen molar-refractivity contribution in [2.45, 2.75) is 44.9 Å². The lowest BCUT2D eigenvalue weighted by Crippen LogP contribution is -2.36. The molecule has 3 rings (SSSR count). The van der Waals surface area contributed by atoms with Crippen molar-refractivity contribution in [3.63, 3.8) is 0 Å². The minimum absolute atomic E-state index is 0.330. The predicted octanol–water partition coefficient (Wildman–Crippen LogP) is 1.17. The van der Waals surface area contributed by atoms with Crippen LogP contribution in [-0.2, 0) is 11.3 Å². The zero-order valence-corrected chi connectivity index (χ0v) is 9.72. The van der Waals surface area contributed by atoms with Gasteiger partial charge in [0.1, 0.15) is 0 Å². The summed E-state index contributed by atoms with van der Waals surface area (Å²) in [5.74, 6) is 1.86. The van der Waals surface area contributed by atoms with Gasteiger partial charge in [0.15, 0.2) is 5.82 Å². The number of hydrogen-bond donors (Lipinski definition) is 0. The average Bonchev–Trinajstić information content (AvgIpc) is 2.91. The van der Waals surface area contributed by atoms with Crippen LogP contribution in [0.4, 0.5) is 0 Å². The molecular formula is C11H17N3O2. The molecule has 0 N–H and O–H groups in total. The standard InChI is InChI=1S/C11H17N3O2/c1-7(2)11-12-10(16-13-11)5-14-4-9-3-8(14)6-15-9/h7-9H,3-6H2,1-2H3/t8-,9+/m0/s1. The fourth-order valence-electron chi connectivity index (χ4n) is 2.41. The first-order chi connectivity index (χ1) is 7.72. The molecule has 0 unspecified atom stereocenters. The molecule has 0 aromatic carbocycles. The molecule has 2 fully saturated rings. The van der Waals surface area contributed by atoms with Crippen LogP contribution < -0.4 is 0 Å². The van der Waals surface area contributed by atoms with Crippen LogP contribution >= 0.6 is 0 Å². The monoisotopic (exact) mass is 223 g/mol. The fraction of sp³-hybridized carbons (Fsp3) is 0.818. The summed E-state index contributed by atoms with van der Waals surface area (Å²) in [6, 6.07) is 0.555. The molecule has 5 nitrogen and oxygen atoms in total. The molecule has 2 bridgehead atoms. The lowest BCUT2D eigenvalue weighted by Gasteiger charge is -2.24. The van der Waals surface area contributed by atoms with Gasteiger partial charge in [0.05, 0.1) is 19.3 Å². The number of likely N-dealkylation sites (tertiary alicyclic amines) is 1. The van der Waals surface area contributed by atoms with Crippen LogP contribution in [0.2, 0.25) is 0 Å². The maximum Gasteiger partial charge on any atom is 0.240 e. The van der Waals surface area contributed by atoms with Crippen molar-refractivity contribution in [2.24, 2.45) is 0 Å². The Morgan fingerprint density at radius 2 is 2.38 bits per heavy atom. The maximum absolute atomic E-state index is 5.55. The highest BCUT2D eigenvalue weighted by Crippen LogP contribution is 2.28. The van der Waals surface area contributed by atoms with Gasteiger partial charge in [0.2, 0.25) is 5.89 Å². The van der Waals surface area contributed by atoms with Crippen LogP contribution in [0.25, 0.3) is 0 Å². The van der Waals surface area contributed by atoms with Crippen LogP contribution in [0.3, 0.4) is 0 Å². The quantitative estimate of drug-likeness (QED) is 0.769. The van der Waals surface area contributed by atoms with Crippen molar-refractivity contribution in [1.29, 1.82) is 0 Å². The van der Waals surface area contributed by atoms with Crippen molar-refractivity contribution in [3.8, 4) is 0 Å². The van der Waals surface area contributed by atoms with Crippen molar-refractivity contribution in [2.75, 3.05) is 13.2 Å². The number of hydrogen-bond acceptors (Lipinski definition) is 5. The number of nitrogens with zero attached hydrogens (tertiary/aromatic N) is 3. The van der Waals surface area contributed by atoms with Crippen molar-refractivity contribution >= 4 is 0 Å². The maximum atomic E-state index is 5.55. The minimum atomic E-state index is 0.330. The molecule has 3 heterocycles. The molecule has 2 aliphatic rings. The van der Waals surface area contributed by atoms with Crippen LogP contribution in [0.1, 0.15) is 37.9 Å². The topological polar surface area (TPSA) is 51.4 Å². The molecule has 0 amide bonds. The van der Waals surface area contributed by atoms with E-state index in [1.165, 1.54) is 0 Å². The van der Waals surface area contributed by atoms with E-state index in [2.05, 4.69) is 28.9 Å². The van der Waals surface area contributed by atoms with E-state index in [1.807, 2.05) is 0 Å². The zero-order chi connectivity index (χ0) is 11.1. The van der Waals surface area contributed by atoms with Gasteiger partial charge >= 0.3 is 0 Å². The minimum Gasteiger partial charge on any atom is -0.375 e. The van der Waals surface area contributed by atoms with Gasteiger partial charge in [-0.1, -0.05) is 19.0 Å². The molecule has 0 aliphatic carbocycles. The summed E-state index contributed by atoms with van der Waals surface area (Å²) < 4.78 is 10.8. The van der Waals surface area contributed by atoms with Gasteiger partial charge in [-0.15, -0.1) is 0 Å². The Morgan fingerprint density at radius 1 is 1.50 bits per heavy atom. The molecular weight excluding hydrogens is 206 g/mol. The van der Waals surface area contributed by atoms with E-state index < -0.39 is 0 Å².